The van der Waals surface area contributed by atoms with Crippen LogP contribution in [0.3, 0.4) is 0 Å². The molecule has 2 N–H and O–H groups in total. The van der Waals surface area contributed by atoms with Crippen LogP contribution in [-0.2, 0) is 11.2 Å². The molecule has 1 saturated heterocycles. The van der Waals surface area contributed by atoms with Crippen LogP contribution in [0.4, 0.5) is 0 Å². The monoisotopic (exact) mass is 274 g/mol. The maximum atomic E-state index is 11.9. The highest BCUT2D eigenvalue weighted by Crippen LogP contribution is 2.17. The Hall–Kier alpha value is -0.770. The fourth-order valence-electron chi connectivity index (χ4n) is 1.93. The van der Waals surface area contributed by atoms with Crippen molar-refractivity contribution < 1.29 is 4.79 Å². The molecule has 3 nitrogen and oxygen atoms in total. The van der Waals surface area contributed by atoms with Crippen molar-refractivity contribution in [3.8, 4) is 0 Å². The molecule has 94 valence electrons. The molecule has 17 heavy (non-hydrogen) atoms. The summed E-state index contributed by atoms with van der Waals surface area (Å²) in [6.07, 6.45) is 1.26. The third-order valence-electron chi connectivity index (χ3n) is 2.88. The van der Waals surface area contributed by atoms with Gasteiger partial charge in [0.2, 0.25) is 5.91 Å². The van der Waals surface area contributed by atoms with Gasteiger partial charge in [-0.05, 0) is 18.1 Å². The lowest BCUT2D eigenvalue weighted by atomic mass is 10.1. The highest BCUT2D eigenvalue weighted by atomic mass is 35.5. The van der Waals surface area contributed by atoms with E-state index in [0.717, 1.165) is 18.5 Å². The average molecular weight is 275 g/mol. The molecule has 1 amide bonds. The molecule has 1 fully saturated rings. The third-order valence-corrected chi connectivity index (χ3v) is 3.25. The molecule has 1 aliphatic heterocycles. The summed E-state index contributed by atoms with van der Waals surface area (Å²) in [7, 11) is 0. The summed E-state index contributed by atoms with van der Waals surface area (Å²) >= 11 is 6.01. The van der Waals surface area contributed by atoms with Crippen LogP contribution in [0, 0.1) is 0 Å². The summed E-state index contributed by atoms with van der Waals surface area (Å²) in [4.78, 5) is 13.7. The van der Waals surface area contributed by atoms with Crippen LogP contribution in [0.25, 0.3) is 0 Å². The Balaban J connectivity index is 0.00000144. The van der Waals surface area contributed by atoms with Gasteiger partial charge in [0.15, 0.2) is 0 Å². The predicted octanol–water partition coefficient (Wildman–Crippen LogP) is 1.86. The lowest BCUT2D eigenvalue weighted by Crippen LogP contribution is -2.32. The van der Waals surface area contributed by atoms with Gasteiger partial charge in [-0.2, -0.15) is 0 Å². The second kappa shape index (κ2) is 6.24. The van der Waals surface area contributed by atoms with E-state index in [4.69, 9.17) is 17.3 Å². The van der Waals surface area contributed by atoms with Crippen LogP contribution in [0.2, 0.25) is 5.02 Å². The standard InChI is InChI=1S/C12H15ClN2O.ClH/c13-11-4-2-1-3-9(11)7-12(16)15-6-5-10(14)8-15;/h1-4,10H,5-8,14H2;1H/t10-;/m1./s1. The molecule has 0 aromatic heterocycles. The van der Waals surface area contributed by atoms with Crippen LogP contribution in [0.5, 0.6) is 0 Å². The minimum atomic E-state index is 0. The molecule has 1 aliphatic rings. The van der Waals surface area contributed by atoms with E-state index < -0.39 is 0 Å². The van der Waals surface area contributed by atoms with E-state index in [0.29, 0.717) is 18.0 Å². The van der Waals surface area contributed by atoms with Gasteiger partial charge in [-0.25, -0.2) is 0 Å². The van der Waals surface area contributed by atoms with Gasteiger partial charge in [0.05, 0.1) is 6.42 Å². The average Bonchev–Trinajstić information content (AvgIpc) is 2.68. The molecular weight excluding hydrogens is 259 g/mol. The summed E-state index contributed by atoms with van der Waals surface area (Å²) in [5, 5.41) is 0.652. The van der Waals surface area contributed by atoms with E-state index in [9.17, 15) is 4.79 Å². The Morgan fingerprint density at radius 2 is 2.18 bits per heavy atom. The Labute approximate surface area is 112 Å². The van der Waals surface area contributed by atoms with E-state index in [1.165, 1.54) is 0 Å². The number of nitrogens with zero attached hydrogens (tertiary/aromatic N) is 1. The summed E-state index contributed by atoms with van der Waals surface area (Å²) in [5.41, 5.74) is 6.65. The molecular formula is C12H16Cl2N2O. The first-order valence-electron chi connectivity index (χ1n) is 5.43. The second-order valence-corrected chi connectivity index (χ2v) is 4.56. The van der Waals surface area contributed by atoms with Gasteiger partial charge in [0, 0.05) is 24.2 Å². The number of carbonyl (C=O) groups excluding carboxylic acids is 1. The Kier molecular flexibility index (Phi) is 5.25. The number of carbonyl (C=O) groups is 1. The number of amides is 1. The summed E-state index contributed by atoms with van der Waals surface area (Å²) in [6, 6.07) is 7.58. The van der Waals surface area contributed by atoms with Crippen molar-refractivity contribution in [2.24, 2.45) is 5.73 Å². The first kappa shape index (κ1) is 14.3. The Bertz CT molecular complexity index is 398. The summed E-state index contributed by atoms with van der Waals surface area (Å²) < 4.78 is 0. The SMILES string of the molecule is Cl.N[C@@H]1CCN(C(=O)Cc2ccccc2Cl)C1. The van der Waals surface area contributed by atoms with E-state index >= 15 is 0 Å². The Morgan fingerprint density at radius 1 is 1.47 bits per heavy atom. The van der Waals surface area contributed by atoms with Crippen LogP contribution in [0.1, 0.15) is 12.0 Å². The molecule has 2 rings (SSSR count). The van der Waals surface area contributed by atoms with E-state index in [1.54, 1.807) is 6.07 Å². The highest BCUT2D eigenvalue weighted by molar-refractivity contribution is 6.31. The number of nitrogens with two attached hydrogens (primary N) is 1. The normalized spacial score (nSPS) is 18.9. The number of likely N-dealkylation sites (tertiary alicyclic amines) is 1. The Morgan fingerprint density at radius 3 is 2.76 bits per heavy atom. The molecule has 0 bridgehead atoms. The molecule has 0 radical (unpaired) electrons. The quantitative estimate of drug-likeness (QED) is 0.895. The maximum absolute atomic E-state index is 11.9. The van der Waals surface area contributed by atoms with E-state index in [-0.39, 0.29) is 24.4 Å². The highest BCUT2D eigenvalue weighted by Gasteiger charge is 2.23. The minimum Gasteiger partial charge on any atom is -0.341 e. The molecule has 0 aliphatic carbocycles. The number of rotatable bonds is 2. The van der Waals surface area contributed by atoms with Gasteiger partial charge in [-0.1, -0.05) is 29.8 Å². The molecule has 1 atom stereocenters. The van der Waals surface area contributed by atoms with E-state index in [2.05, 4.69) is 0 Å². The number of hydrogen-bond acceptors (Lipinski definition) is 2. The van der Waals surface area contributed by atoms with Crippen LogP contribution >= 0.6 is 24.0 Å². The van der Waals surface area contributed by atoms with E-state index in [1.807, 2.05) is 23.1 Å². The van der Waals surface area contributed by atoms with Crippen molar-refractivity contribution in [3.63, 3.8) is 0 Å². The number of hydrogen-bond donors (Lipinski definition) is 1. The zero-order valence-corrected chi connectivity index (χ0v) is 11.0. The van der Waals surface area contributed by atoms with Crippen molar-refractivity contribution in [2.75, 3.05) is 13.1 Å². The van der Waals surface area contributed by atoms with Crippen molar-refractivity contribution >= 4 is 29.9 Å². The minimum absolute atomic E-state index is 0. The van der Waals surface area contributed by atoms with Gasteiger partial charge >= 0.3 is 0 Å². The molecule has 0 spiro atoms. The van der Waals surface area contributed by atoms with Gasteiger partial charge < -0.3 is 10.6 Å². The van der Waals surface area contributed by atoms with Gasteiger partial charge in [-0.15, -0.1) is 12.4 Å². The van der Waals surface area contributed by atoms with Crippen LogP contribution in [0.15, 0.2) is 24.3 Å². The molecule has 5 heteroatoms. The third kappa shape index (κ3) is 3.60. The lowest BCUT2D eigenvalue weighted by Gasteiger charge is -2.16. The largest absolute Gasteiger partial charge is 0.341 e. The summed E-state index contributed by atoms with van der Waals surface area (Å²) in [5.74, 6) is 0.112. The van der Waals surface area contributed by atoms with Crippen molar-refractivity contribution in [1.82, 2.24) is 4.90 Å². The number of halogens is 2. The maximum Gasteiger partial charge on any atom is 0.227 e. The van der Waals surface area contributed by atoms with Gasteiger partial charge in [0.25, 0.3) is 0 Å². The predicted molar refractivity (Wildman–Crippen MR) is 71.6 cm³/mol. The fourth-order valence-corrected chi connectivity index (χ4v) is 2.13. The summed E-state index contributed by atoms with van der Waals surface area (Å²) in [6.45, 7) is 1.44. The number of benzene rings is 1. The van der Waals surface area contributed by atoms with Crippen LogP contribution in [-0.4, -0.2) is 29.9 Å². The van der Waals surface area contributed by atoms with Crippen molar-refractivity contribution in [1.29, 1.82) is 0 Å². The van der Waals surface area contributed by atoms with Gasteiger partial charge in [-0.3, -0.25) is 4.79 Å². The lowest BCUT2D eigenvalue weighted by molar-refractivity contribution is -0.129. The molecule has 1 aromatic carbocycles. The van der Waals surface area contributed by atoms with Crippen molar-refractivity contribution in [2.45, 2.75) is 18.9 Å². The second-order valence-electron chi connectivity index (χ2n) is 4.16. The molecule has 1 heterocycles. The molecule has 0 saturated carbocycles. The van der Waals surface area contributed by atoms with Crippen molar-refractivity contribution in [3.05, 3.63) is 34.9 Å². The first-order valence-corrected chi connectivity index (χ1v) is 5.81. The molecule has 0 unspecified atom stereocenters. The molecule has 1 aromatic rings. The van der Waals surface area contributed by atoms with Crippen LogP contribution < -0.4 is 5.73 Å². The zero-order chi connectivity index (χ0) is 11.5. The van der Waals surface area contributed by atoms with Gasteiger partial charge in [0.1, 0.15) is 0 Å². The topological polar surface area (TPSA) is 46.3 Å². The smallest absolute Gasteiger partial charge is 0.227 e. The fraction of sp³-hybridized carbons (Fsp3) is 0.417. The zero-order valence-electron chi connectivity index (χ0n) is 9.43. The first-order chi connectivity index (χ1) is 7.66.